The maximum absolute atomic E-state index is 12.3. The highest BCUT2D eigenvalue weighted by Crippen LogP contribution is 2.18. The van der Waals surface area contributed by atoms with Gasteiger partial charge < -0.3 is 16.0 Å². The second kappa shape index (κ2) is 10.1. The quantitative estimate of drug-likeness (QED) is 0.401. The minimum Gasteiger partial charge on any atom is -0.370 e. The van der Waals surface area contributed by atoms with E-state index in [1.807, 2.05) is 35.2 Å². The van der Waals surface area contributed by atoms with Gasteiger partial charge in [-0.3, -0.25) is 9.78 Å². The molecule has 0 spiro atoms. The van der Waals surface area contributed by atoms with Gasteiger partial charge in [-0.05, 0) is 29.7 Å². The van der Waals surface area contributed by atoms with E-state index in [1.165, 1.54) is 11.1 Å². The molecule has 1 aromatic carbocycles. The zero-order valence-corrected chi connectivity index (χ0v) is 16.9. The largest absolute Gasteiger partial charge is 0.370 e. The smallest absolute Gasteiger partial charge is 0.244 e. The SMILES string of the molecule is I.NC(=NCC(=O)N1CCc2ccccc2C1)NCCc1ccccn1. The predicted octanol–water partition coefficient (Wildman–Crippen LogP) is 1.73. The fourth-order valence-electron chi connectivity index (χ4n) is 2.88. The van der Waals surface area contributed by atoms with Gasteiger partial charge in [0.05, 0.1) is 0 Å². The van der Waals surface area contributed by atoms with E-state index in [0.717, 1.165) is 25.1 Å². The van der Waals surface area contributed by atoms with E-state index in [4.69, 9.17) is 5.73 Å². The number of hydrogen-bond acceptors (Lipinski definition) is 3. The Balaban J connectivity index is 0.00000243. The van der Waals surface area contributed by atoms with Crippen molar-refractivity contribution < 1.29 is 4.79 Å². The minimum absolute atomic E-state index is 0. The molecule has 1 aliphatic heterocycles. The van der Waals surface area contributed by atoms with E-state index in [0.29, 0.717) is 19.0 Å². The monoisotopic (exact) mass is 465 g/mol. The summed E-state index contributed by atoms with van der Waals surface area (Å²) >= 11 is 0. The minimum atomic E-state index is 0. The molecule has 6 nitrogen and oxygen atoms in total. The van der Waals surface area contributed by atoms with E-state index in [1.54, 1.807) is 6.20 Å². The Kier molecular flexibility index (Phi) is 7.83. The molecule has 1 aromatic heterocycles. The molecule has 2 aromatic rings. The highest BCUT2D eigenvalue weighted by molar-refractivity contribution is 14.0. The number of aliphatic imine (C=N–C) groups is 1. The molecule has 7 heteroatoms. The summed E-state index contributed by atoms with van der Waals surface area (Å²) in [5.74, 6) is 0.297. The lowest BCUT2D eigenvalue weighted by atomic mass is 10.00. The lowest BCUT2D eigenvalue weighted by molar-refractivity contribution is -0.130. The molecule has 138 valence electrons. The van der Waals surface area contributed by atoms with Crippen molar-refractivity contribution in [3.8, 4) is 0 Å². The molecule has 0 radical (unpaired) electrons. The average molecular weight is 465 g/mol. The van der Waals surface area contributed by atoms with E-state index in [-0.39, 0.29) is 36.4 Å². The number of carbonyl (C=O) groups excluding carboxylic acids is 1. The maximum atomic E-state index is 12.3. The van der Waals surface area contributed by atoms with E-state index in [2.05, 4.69) is 27.4 Å². The van der Waals surface area contributed by atoms with Crippen LogP contribution in [-0.2, 0) is 24.2 Å². The average Bonchev–Trinajstić information content (AvgIpc) is 2.66. The topological polar surface area (TPSA) is 83.6 Å². The van der Waals surface area contributed by atoms with Gasteiger partial charge in [0.1, 0.15) is 6.54 Å². The standard InChI is InChI=1S/C19H23N5O.HI/c20-19(22-11-8-17-7-3-4-10-21-17)23-13-18(25)24-12-9-15-5-1-2-6-16(15)14-24;/h1-7,10H,8-9,11-14H2,(H3,20,22,23);1H. The Morgan fingerprint density at radius 1 is 1.19 bits per heavy atom. The van der Waals surface area contributed by atoms with Gasteiger partial charge in [0.15, 0.2) is 5.96 Å². The summed E-state index contributed by atoms with van der Waals surface area (Å²) in [5.41, 5.74) is 9.37. The summed E-state index contributed by atoms with van der Waals surface area (Å²) < 4.78 is 0. The summed E-state index contributed by atoms with van der Waals surface area (Å²) in [5, 5.41) is 3.02. The highest BCUT2D eigenvalue weighted by atomic mass is 127. The van der Waals surface area contributed by atoms with Crippen LogP contribution in [0.5, 0.6) is 0 Å². The molecule has 3 rings (SSSR count). The Morgan fingerprint density at radius 3 is 2.73 bits per heavy atom. The molecule has 26 heavy (non-hydrogen) atoms. The second-order valence-electron chi connectivity index (χ2n) is 6.03. The third-order valence-electron chi connectivity index (χ3n) is 4.28. The van der Waals surface area contributed by atoms with Crippen molar-refractivity contribution in [3.63, 3.8) is 0 Å². The first-order valence-corrected chi connectivity index (χ1v) is 8.50. The maximum Gasteiger partial charge on any atom is 0.244 e. The van der Waals surface area contributed by atoms with Crippen molar-refractivity contribution >= 4 is 35.8 Å². The van der Waals surface area contributed by atoms with Crippen LogP contribution in [0.15, 0.2) is 53.7 Å². The predicted molar refractivity (Wildman–Crippen MR) is 113 cm³/mol. The van der Waals surface area contributed by atoms with Crippen LogP contribution in [0.1, 0.15) is 16.8 Å². The number of rotatable bonds is 5. The van der Waals surface area contributed by atoms with Crippen molar-refractivity contribution in [3.05, 3.63) is 65.5 Å². The third-order valence-corrected chi connectivity index (χ3v) is 4.28. The second-order valence-corrected chi connectivity index (χ2v) is 6.03. The van der Waals surface area contributed by atoms with E-state index >= 15 is 0 Å². The molecular formula is C19H24IN5O. The number of nitrogens with zero attached hydrogens (tertiary/aromatic N) is 3. The van der Waals surface area contributed by atoms with Gasteiger partial charge in [-0.1, -0.05) is 30.3 Å². The van der Waals surface area contributed by atoms with Gasteiger partial charge in [-0.2, -0.15) is 0 Å². The number of fused-ring (bicyclic) bond motifs is 1. The molecule has 0 atom stereocenters. The summed E-state index contributed by atoms with van der Waals surface area (Å²) in [4.78, 5) is 22.6. The molecule has 0 fully saturated rings. The normalized spacial score (nSPS) is 13.5. The fourth-order valence-corrected chi connectivity index (χ4v) is 2.88. The number of amides is 1. The molecule has 0 aliphatic carbocycles. The number of halogens is 1. The lowest BCUT2D eigenvalue weighted by Crippen LogP contribution is -2.39. The molecule has 0 saturated heterocycles. The number of nitrogens with one attached hydrogen (secondary N) is 1. The Hall–Kier alpha value is -2.16. The van der Waals surface area contributed by atoms with Crippen LogP contribution in [-0.4, -0.2) is 41.4 Å². The molecule has 3 N–H and O–H groups in total. The molecule has 0 unspecified atom stereocenters. The van der Waals surface area contributed by atoms with Crippen LogP contribution in [0.25, 0.3) is 0 Å². The Morgan fingerprint density at radius 2 is 1.96 bits per heavy atom. The zero-order chi connectivity index (χ0) is 17.5. The van der Waals surface area contributed by atoms with Gasteiger partial charge in [0, 0.05) is 37.9 Å². The van der Waals surface area contributed by atoms with E-state index < -0.39 is 0 Å². The Bertz CT molecular complexity index is 751. The van der Waals surface area contributed by atoms with E-state index in [9.17, 15) is 4.79 Å². The molecule has 1 amide bonds. The molecule has 1 aliphatic rings. The first kappa shape index (κ1) is 20.2. The summed E-state index contributed by atoms with van der Waals surface area (Å²) in [6.45, 7) is 2.10. The Labute approximate surface area is 170 Å². The van der Waals surface area contributed by atoms with Gasteiger partial charge in [-0.15, -0.1) is 24.0 Å². The van der Waals surface area contributed by atoms with Crippen molar-refractivity contribution in [1.29, 1.82) is 0 Å². The number of nitrogens with two attached hydrogens (primary N) is 1. The number of pyridine rings is 1. The van der Waals surface area contributed by atoms with Crippen molar-refractivity contribution in [2.45, 2.75) is 19.4 Å². The molecule has 2 heterocycles. The first-order valence-electron chi connectivity index (χ1n) is 8.50. The third kappa shape index (κ3) is 5.69. The number of hydrogen-bond donors (Lipinski definition) is 2. The van der Waals surface area contributed by atoms with Gasteiger partial charge >= 0.3 is 0 Å². The first-order chi connectivity index (χ1) is 12.2. The fraction of sp³-hybridized carbons (Fsp3) is 0.316. The number of guanidine groups is 1. The van der Waals surface area contributed by atoms with Crippen LogP contribution in [0.2, 0.25) is 0 Å². The summed E-state index contributed by atoms with van der Waals surface area (Å²) in [6.07, 6.45) is 3.42. The van der Waals surface area contributed by atoms with Crippen LogP contribution in [0.3, 0.4) is 0 Å². The van der Waals surface area contributed by atoms with Crippen LogP contribution < -0.4 is 11.1 Å². The van der Waals surface area contributed by atoms with Gasteiger partial charge in [0.25, 0.3) is 0 Å². The van der Waals surface area contributed by atoms with Gasteiger partial charge in [0.2, 0.25) is 5.91 Å². The highest BCUT2D eigenvalue weighted by Gasteiger charge is 2.19. The lowest BCUT2D eigenvalue weighted by Gasteiger charge is -2.28. The van der Waals surface area contributed by atoms with Crippen molar-refractivity contribution in [1.82, 2.24) is 15.2 Å². The van der Waals surface area contributed by atoms with Gasteiger partial charge in [-0.25, -0.2) is 4.99 Å². The van der Waals surface area contributed by atoms with Crippen LogP contribution in [0, 0.1) is 0 Å². The number of aromatic nitrogens is 1. The van der Waals surface area contributed by atoms with Crippen molar-refractivity contribution in [2.75, 3.05) is 19.6 Å². The zero-order valence-electron chi connectivity index (χ0n) is 14.6. The number of carbonyl (C=O) groups is 1. The molecule has 0 saturated carbocycles. The van der Waals surface area contributed by atoms with Crippen molar-refractivity contribution in [2.24, 2.45) is 10.7 Å². The van der Waals surface area contributed by atoms with Crippen LogP contribution in [0.4, 0.5) is 0 Å². The summed E-state index contributed by atoms with van der Waals surface area (Å²) in [7, 11) is 0. The molecule has 0 bridgehead atoms. The summed E-state index contributed by atoms with van der Waals surface area (Å²) in [6, 6.07) is 14.1. The van der Waals surface area contributed by atoms with Crippen LogP contribution >= 0.6 is 24.0 Å². The number of benzene rings is 1. The molecular weight excluding hydrogens is 441 g/mol.